The molecule has 0 aliphatic heterocycles. The number of nitrogens with zero attached hydrogens (tertiary/aromatic N) is 1. The highest BCUT2D eigenvalue weighted by atomic mass is 35.5. The van der Waals surface area contributed by atoms with E-state index >= 15 is 0 Å². The van der Waals surface area contributed by atoms with E-state index in [9.17, 15) is 9.59 Å². The van der Waals surface area contributed by atoms with Crippen LogP contribution >= 0.6 is 11.6 Å². The molecule has 4 rings (SSSR count). The Balaban J connectivity index is 1.36. The highest BCUT2D eigenvalue weighted by Crippen LogP contribution is 2.27. The molecule has 0 aliphatic carbocycles. The highest BCUT2D eigenvalue weighted by Gasteiger charge is 2.10. The van der Waals surface area contributed by atoms with Gasteiger partial charge < -0.3 is 14.8 Å². The molecule has 8 heteroatoms. The topological polar surface area (TPSA) is 89.0 Å². The van der Waals surface area contributed by atoms with Crippen molar-refractivity contribution in [3.63, 3.8) is 0 Å². The zero-order valence-electron chi connectivity index (χ0n) is 20.2. The minimum absolute atomic E-state index is 0.00517. The molecule has 0 atom stereocenters. The summed E-state index contributed by atoms with van der Waals surface area (Å²) in [6, 6.07) is 26.1. The molecule has 0 aliphatic rings. The van der Waals surface area contributed by atoms with E-state index in [0.717, 1.165) is 21.9 Å². The maximum absolute atomic E-state index is 12.3. The van der Waals surface area contributed by atoms with Crippen LogP contribution in [0.5, 0.6) is 11.5 Å². The van der Waals surface area contributed by atoms with Crippen molar-refractivity contribution < 1.29 is 19.1 Å². The van der Waals surface area contributed by atoms with E-state index in [0.29, 0.717) is 28.8 Å². The lowest BCUT2D eigenvalue weighted by Crippen LogP contribution is -2.20. The molecule has 7 nitrogen and oxygen atoms in total. The fraction of sp³-hybridized carbons (Fsp3) is 0.138. The molecular weight excluding hydrogens is 490 g/mol. The second-order valence-corrected chi connectivity index (χ2v) is 8.62. The van der Waals surface area contributed by atoms with E-state index in [4.69, 9.17) is 21.1 Å². The standard InChI is InChI=1S/C29H26ClN3O4/c1-36-24-13-11-23(12-14-24)32-28(34)16-17-29(35)33-31-18-26-25-5-3-2-4-21(25)8-15-27(26)37-19-20-6-9-22(30)10-7-20/h2-15,18H,16-17,19H2,1H3,(H,32,34)(H,33,35). The Labute approximate surface area is 220 Å². The van der Waals surface area contributed by atoms with E-state index in [1.165, 1.54) is 0 Å². The molecule has 37 heavy (non-hydrogen) atoms. The lowest BCUT2D eigenvalue weighted by atomic mass is 10.0. The van der Waals surface area contributed by atoms with Gasteiger partial charge in [-0.1, -0.05) is 54.1 Å². The molecule has 0 fully saturated rings. The van der Waals surface area contributed by atoms with E-state index in [-0.39, 0.29) is 24.7 Å². The van der Waals surface area contributed by atoms with Crippen molar-refractivity contribution in [3.8, 4) is 11.5 Å². The second-order valence-electron chi connectivity index (χ2n) is 8.18. The van der Waals surface area contributed by atoms with Crippen LogP contribution in [0.3, 0.4) is 0 Å². The third-order valence-corrected chi connectivity index (χ3v) is 5.83. The zero-order chi connectivity index (χ0) is 26.0. The molecule has 4 aromatic rings. The van der Waals surface area contributed by atoms with Crippen LogP contribution in [0.15, 0.2) is 90.0 Å². The van der Waals surface area contributed by atoms with Gasteiger partial charge in [0.1, 0.15) is 18.1 Å². The predicted molar refractivity (Wildman–Crippen MR) is 146 cm³/mol. The number of nitrogens with one attached hydrogen (secondary N) is 2. The normalized spacial score (nSPS) is 10.9. The van der Waals surface area contributed by atoms with Crippen molar-refractivity contribution in [1.29, 1.82) is 0 Å². The smallest absolute Gasteiger partial charge is 0.240 e. The summed E-state index contributed by atoms with van der Waals surface area (Å²) in [7, 11) is 1.57. The average Bonchev–Trinajstić information content (AvgIpc) is 2.92. The number of halogens is 1. The molecule has 2 amide bonds. The molecule has 0 spiro atoms. The van der Waals surface area contributed by atoms with Gasteiger partial charge in [-0.25, -0.2) is 5.43 Å². The van der Waals surface area contributed by atoms with Gasteiger partial charge in [0, 0.05) is 29.1 Å². The molecule has 0 heterocycles. The molecule has 0 radical (unpaired) electrons. The van der Waals surface area contributed by atoms with E-state index < -0.39 is 0 Å². The maximum atomic E-state index is 12.3. The van der Waals surface area contributed by atoms with Crippen molar-refractivity contribution in [2.24, 2.45) is 5.10 Å². The number of anilines is 1. The lowest BCUT2D eigenvalue weighted by Gasteiger charge is -2.12. The summed E-state index contributed by atoms with van der Waals surface area (Å²) >= 11 is 5.97. The van der Waals surface area contributed by atoms with Gasteiger partial charge >= 0.3 is 0 Å². The van der Waals surface area contributed by atoms with Crippen LogP contribution in [-0.2, 0) is 16.2 Å². The minimum Gasteiger partial charge on any atom is -0.497 e. The van der Waals surface area contributed by atoms with Crippen LogP contribution in [0.2, 0.25) is 5.02 Å². The lowest BCUT2D eigenvalue weighted by molar-refractivity contribution is -0.124. The van der Waals surface area contributed by atoms with Gasteiger partial charge in [0.15, 0.2) is 0 Å². The number of ether oxygens (including phenoxy) is 2. The molecule has 4 aromatic carbocycles. The first kappa shape index (κ1) is 25.7. The number of hydrogen-bond acceptors (Lipinski definition) is 5. The number of hydrazone groups is 1. The van der Waals surface area contributed by atoms with Gasteiger partial charge in [-0.05, 0) is 58.8 Å². The summed E-state index contributed by atoms with van der Waals surface area (Å²) in [5.41, 5.74) is 4.85. The number of fused-ring (bicyclic) bond motifs is 1. The predicted octanol–water partition coefficient (Wildman–Crippen LogP) is 5.95. The minimum atomic E-state index is -0.370. The number of carbonyl (C=O) groups is 2. The molecular formula is C29H26ClN3O4. The quantitative estimate of drug-likeness (QED) is 0.202. The van der Waals surface area contributed by atoms with Gasteiger partial charge in [0.25, 0.3) is 0 Å². The van der Waals surface area contributed by atoms with Crippen molar-refractivity contribution in [1.82, 2.24) is 5.43 Å². The third-order valence-electron chi connectivity index (χ3n) is 5.57. The van der Waals surface area contributed by atoms with Crippen LogP contribution < -0.4 is 20.2 Å². The van der Waals surface area contributed by atoms with Crippen LogP contribution in [-0.4, -0.2) is 25.1 Å². The molecule has 188 valence electrons. The van der Waals surface area contributed by atoms with Crippen molar-refractivity contribution >= 4 is 46.1 Å². The Kier molecular flexibility index (Phi) is 8.73. The van der Waals surface area contributed by atoms with E-state index in [2.05, 4.69) is 15.8 Å². The van der Waals surface area contributed by atoms with Gasteiger partial charge in [-0.15, -0.1) is 0 Å². The van der Waals surface area contributed by atoms with Gasteiger partial charge in [0.05, 0.1) is 13.3 Å². The second kappa shape index (κ2) is 12.6. The summed E-state index contributed by atoms with van der Waals surface area (Å²) in [6.07, 6.45) is 1.58. The van der Waals surface area contributed by atoms with Gasteiger partial charge in [-0.2, -0.15) is 5.10 Å². The monoisotopic (exact) mass is 515 g/mol. The van der Waals surface area contributed by atoms with Crippen LogP contribution in [0.4, 0.5) is 5.69 Å². The van der Waals surface area contributed by atoms with Gasteiger partial charge in [0.2, 0.25) is 11.8 Å². The highest BCUT2D eigenvalue weighted by molar-refractivity contribution is 6.30. The SMILES string of the molecule is COc1ccc(NC(=O)CCC(=O)NN=Cc2c(OCc3ccc(Cl)cc3)ccc3ccccc23)cc1. The summed E-state index contributed by atoms with van der Waals surface area (Å²) in [4.78, 5) is 24.5. The number of methoxy groups -OCH3 is 1. The average molecular weight is 516 g/mol. The molecule has 0 saturated carbocycles. The van der Waals surface area contributed by atoms with Crippen LogP contribution in [0.25, 0.3) is 10.8 Å². The van der Waals surface area contributed by atoms with Crippen LogP contribution in [0.1, 0.15) is 24.0 Å². The first-order valence-corrected chi connectivity index (χ1v) is 12.0. The molecule has 0 aromatic heterocycles. The molecule has 2 N–H and O–H groups in total. The number of hydrogen-bond donors (Lipinski definition) is 2. The Hall–Kier alpha value is -4.36. The summed E-state index contributed by atoms with van der Waals surface area (Å²) in [5, 5.41) is 9.50. The van der Waals surface area contributed by atoms with Crippen molar-refractivity contribution in [3.05, 3.63) is 101 Å². The Morgan fingerprint density at radius 2 is 1.62 bits per heavy atom. The zero-order valence-corrected chi connectivity index (χ0v) is 21.0. The fourth-order valence-corrected chi connectivity index (χ4v) is 3.75. The van der Waals surface area contributed by atoms with E-state index in [1.54, 1.807) is 37.6 Å². The number of rotatable bonds is 10. The van der Waals surface area contributed by atoms with Crippen LogP contribution in [0, 0.1) is 0 Å². The summed E-state index contributed by atoms with van der Waals surface area (Å²) < 4.78 is 11.2. The Bertz CT molecular complexity index is 1400. The Morgan fingerprint density at radius 1 is 0.892 bits per heavy atom. The van der Waals surface area contributed by atoms with Gasteiger partial charge in [-0.3, -0.25) is 9.59 Å². The largest absolute Gasteiger partial charge is 0.497 e. The number of benzene rings is 4. The fourth-order valence-electron chi connectivity index (χ4n) is 3.63. The summed E-state index contributed by atoms with van der Waals surface area (Å²) in [6.45, 7) is 0.353. The number of carbonyl (C=O) groups excluding carboxylic acids is 2. The van der Waals surface area contributed by atoms with E-state index in [1.807, 2.05) is 60.7 Å². The summed E-state index contributed by atoms with van der Waals surface area (Å²) in [5.74, 6) is 0.687. The number of amides is 2. The third kappa shape index (κ3) is 7.32. The first-order valence-electron chi connectivity index (χ1n) is 11.7. The molecule has 0 bridgehead atoms. The molecule has 0 saturated heterocycles. The van der Waals surface area contributed by atoms with Crippen molar-refractivity contribution in [2.75, 3.05) is 12.4 Å². The first-order chi connectivity index (χ1) is 18.0. The van der Waals surface area contributed by atoms with Crippen molar-refractivity contribution in [2.45, 2.75) is 19.4 Å². The maximum Gasteiger partial charge on any atom is 0.240 e. The molecule has 0 unspecified atom stereocenters. The Morgan fingerprint density at radius 3 is 2.38 bits per heavy atom.